The van der Waals surface area contributed by atoms with Gasteiger partial charge in [0, 0.05) is 12.5 Å². The zero-order valence-corrected chi connectivity index (χ0v) is 20.5. The van der Waals surface area contributed by atoms with Crippen LogP contribution in [0.4, 0.5) is 4.79 Å². The molecule has 0 spiro atoms. The SMILES string of the molecule is O=C(O)CN(Cc1ccccc1)C(=O)c1ccc(CNC(=O)OCC2c3ccccc3-c3ccccc32)o1. The third-order valence-electron chi connectivity index (χ3n) is 6.45. The first-order valence-electron chi connectivity index (χ1n) is 12.2. The number of furan rings is 1. The quantitative estimate of drug-likeness (QED) is 0.326. The molecule has 1 aliphatic rings. The predicted octanol–water partition coefficient (Wildman–Crippen LogP) is 5.05. The highest BCUT2D eigenvalue weighted by molar-refractivity contribution is 5.93. The Morgan fingerprint density at radius 2 is 1.47 bits per heavy atom. The van der Waals surface area contributed by atoms with E-state index in [4.69, 9.17) is 9.15 Å². The van der Waals surface area contributed by atoms with Gasteiger partial charge in [-0.3, -0.25) is 9.59 Å². The second-order valence-electron chi connectivity index (χ2n) is 8.99. The number of nitrogens with zero attached hydrogens (tertiary/aromatic N) is 1. The molecule has 0 saturated carbocycles. The summed E-state index contributed by atoms with van der Waals surface area (Å²) in [6.07, 6.45) is -0.604. The van der Waals surface area contributed by atoms with Gasteiger partial charge in [-0.1, -0.05) is 78.9 Å². The highest BCUT2D eigenvalue weighted by atomic mass is 16.5. The average Bonchev–Trinajstić information content (AvgIpc) is 3.53. The molecular formula is C30H26N2O6. The lowest BCUT2D eigenvalue weighted by atomic mass is 9.98. The van der Waals surface area contributed by atoms with Crippen LogP contribution in [-0.2, 0) is 22.6 Å². The third kappa shape index (κ3) is 5.44. The van der Waals surface area contributed by atoms with Crippen molar-refractivity contribution in [2.75, 3.05) is 13.2 Å². The molecule has 8 heteroatoms. The van der Waals surface area contributed by atoms with Crippen LogP contribution in [0.25, 0.3) is 11.1 Å². The summed E-state index contributed by atoms with van der Waals surface area (Å²) < 4.78 is 11.1. The number of hydrogen-bond donors (Lipinski definition) is 2. The molecule has 0 atom stereocenters. The van der Waals surface area contributed by atoms with Crippen molar-refractivity contribution in [1.82, 2.24) is 10.2 Å². The second kappa shape index (κ2) is 11.0. The Morgan fingerprint density at radius 1 is 0.842 bits per heavy atom. The van der Waals surface area contributed by atoms with Gasteiger partial charge < -0.3 is 24.5 Å². The summed E-state index contributed by atoms with van der Waals surface area (Å²) in [7, 11) is 0. The van der Waals surface area contributed by atoms with Crippen LogP contribution in [-0.4, -0.2) is 41.1 Å². The molecular weight excluding hydrogens is 484 g/mol. The maximum absolute atomic E-state index is 12.9. The van der Waals surface area contributed by atoms with Crippen molar-refractivity contribution in [3.8, 4) is 11.1 Å². The Kier molecular flexibility index (Phi) is 7.21. The Balaban J connectivity index is 1.18. The predicted molar refractivity (Wildman–Crippen MR) is 139 cm³/mol. The standard InChI is InChI=1S/C30H26N2O6/c33-28(34)18-32(17-20-8-2-1-3-9-20)29(35)27-15-14-21(38-27)16-31-30(36)37-19-26-24-12-6-4-10-22(24)23-11-5-7-13-25(23)26/h1-15,26H,16-19H2,(H,31,36)(H,33,34). The fourth-order valence-electron chi connectivity index (χ4n) is 4.72. The van der Waals surface area contributed by atoms with E-state index >= 15 is 0 Å². The van der Waals surface area contributed by atoms with Gasteiger partial charge in [-0.25, -0.2) is 4.79 Å². The molecule has 0 bridgehead atoms. The minimum absolute atomic E-state index is 0.00785. The van der Waals surface area contributed by atoms with Crippen molar-refractivity contribution in [3.05, 3.63) is 119 Å². The van der Waals surface area contributed by atoms with Gasteiger partial charge in [0.15, 0.2) is 5.76 Å². The minimum atomic E-state index is -1.13. The average molecular weight is 511 g/mol. The zero-order chi connectivity index (χ0) is 26.5. The van der Waals surface area contributed by atoms with Crippen LogP contribution in [0.15, 0.2) is 95.4 Å². The van der Waals surface area contributed by atoms with Crippen LogP contribution >= 0.6 is 0 Å². The largest absolute Gasteiger partial charge is 0.480 e. The molecule has 4 aromatic rings. The second-order valence-corrected chi connectivity index (χ2v) is 8.99. The molecule has 192 valence electrons. The normalized spacial score (nSPS) is 11.9. The molecule has 8 nitrogen and oxygen atoms in total. The summed E-state index contributed by atoms with van der Waals surface area (Å²) in [5.74, 6) is -1.39. The topological polar surface area (TPSA) is 109 Å². The van der Waals surface area contributed by atoms with Crippen molar-refractivity contribution in [2.24, 2.45) is 0 Å². The van der Waals surface area contributed by atoms with Gasteiger partial charge in [-0.05, 0) is 39.9 Å². The monoisotopic (exact) mass is 510 g/mol. The maximum atomic E-state index is 12.9. The number of carboxylic acids is 1. The number of amides is 2. The molecule has 1 aromatic heterocycles. The third-order valence-corrected chi connectivity index (χ3v) is 6.45. The van der Waals surface area contributed by atoms with Gasteiger partial charge in [0.25, 0.3) is 5.91 Å². The Morgan fingerprint density at radius 3 is 2.13 bits per heavy atom. The highest BCUT2D eigenvalue weighted by Crippen LogP contribution is 2.44. The first kappa shape index (κ1) is 24.8. The first-order valence-corrected chi connectivity index (χ1v) is 12.2. The van der Waals surface area contributed by atoms with Gasteiger partial charge >= 0.3 is 12.1 Å². The number of rotatable bonds is 9. The van der Waals surface area contributed by atoms with Crippen LogP contribution in [0.3, 0.4) is 0 Å². The maximum Gasteiger partial charge on any atom is 0.407 e. The molecule has 5 rings (SSSR count). The molecule has 2 N–H and O–H groups in total. The first-order chi connectivity index (χ1) is 18.5. The fraction of sp³-hybridized carbons (Fsp3) is 0.167. The van der Waals surface area contributed by atoms with Crippen LogP contribution in [0.2, 0.25) is 0 Å². The van der Waals surface area contributed by atoms with Crippen LogP contribution in [0.5, 0.6) is 0 Å². The van der Waals surface area contributed by atoms with Crippen LogP contribution in [0, 0.1) is 0 Å². The van der Waals surface area contributed by atoms with E-state index in [1.807, 2.05) is 66.7 Å². The summed E-state index contributed by atoms with van der Waals surface area (Å²) in [5.41, 5.74) is 5.34. The lowest BCUT2D eigenvalue weighted by Gasteiger charge is -2.19. The van der Waals surface area contributed by atoms with E-state index in [9.17, 15) is 19.5 Å². The van der Waals surface area contributed by atoms with Crippen LogP contribution in [0.1, 0.15) is 38.9 Å². The van der Waals surface area contributed by atoms with Gasteiger partial charge in [0.05, 0.1) is 6.54 Å². The summed E-state index contributed by atoms with van der Waals surface area (Å²) in [6.45, 7) is -0.144. The number of hydrogen-bond acceptors (Lipinski definition) is 5. The number of ether oxygens (including phenoxy) is 1. The Bertz CT molecular complexity index is 1420. The molecule has 1 heterocycles. The van der Waals surface area contributed by atoms with E-state index in [-0.39, 0.29) is 31.4 Å². The van der Waals surface area contributed by atoms with Crippen LogP contribution < -0.4 is 5.32 Å². The Labute approximate surface area is 219 Å². The van der Waals surface area contributed by atoms with Gasteiger partial charge in [-0.2, -0.15) is 0 Å². The molecule has 0 fully saturated rings. The van der Waals surface area contributed by atoms with E-state index in [2.05, 4.69) is 17.4 Å². The smallest absolute Gasteiger partial charge is 0.407 e. The molecule has 0 aliphatic heterocycles. The van der Waals surface area contributed by atoms with Gasteiger partial charge in [-0.15, -0.1) is 0 Å². The molecule has 0 radical (unpaired) electrons. The summed E-state index contributed by atoms with van der Waals surface area (Å²) >= 11 is 0. The van der Waals surface area contributed by atoms with Gasteiger partial charge in [0.1, 0.15) is 18.9 Å². The van der Waals surface area contributed by atoms with E-state index in [1.54, 1.807) is 6.07 Å². The number of aliphatic carboxylic acids is 1. The number of alkyl carbamates (subject to hydrolysis) is 1. The number of carbonyl (C=O) groups excluding carboxylic acids is 2. The summed E-state index contributed by atoms with van der Waals surface area (Å²) in [4.78, 5) is 37.9. The van der Waals surface area contributed by atoms with Crippen molar-refractivity contribution < 1.29 is 28.6 Å². The number of fused-ring (bicyclic) bond motifs is 3. The molecule has 2 amide bonds. The van der Waals surface area contributed by atoms with Crippen molar-refractivity contribution in [1.29, 1.82) is 0 Å². The van der Waals surface area contributed by atoms with Crippen molar-refractivity contribution in [2.45, 2.75) is 19.0 Å². The zero-order valence-electron chi connectivity index (χ0n) is 20.5. The molecule has 0 unspecified atom stereocenters. The van der Waals surface area contributed by atoms with E-state index in [0.717, 1.165) is 27.8 Å². The number of benzene rings is 3. The van der Waals surface area contributed by atoms with Crippen molar-refractivity contribution in [3.63, 3.8) is 0 Å². The number of carbonyl (C=O) groups is 3. The number of carboxylic acid groups (broad SMARTS) is 1. The lowest BCUT2D eigenvalue weighted by molar-refractivity contribution is -0.137. The Hall–Kier alpha value is -4.85. The fourth-order valence-corrected chi connectivity index (χ4v) is 4.72. The highest BCUT2D eigenvalue weighted by Gasteiger charge is 2.29. The van der Waals surface area contributed by atoms with Gasteiger partial charge in [0.2, 0.25) is 0 Å². The minimum Gasteiger partial charge on any atom is -0.480 e. The van der Waals surface area contributed by atoms with E-state index < -0.39 is 24.5 Å². The molecule has 3 aromatic carbocycles. The van der Waals surface area contributed by atoms with E-state index in [0.29, 0.717) is 5.76 Å². The van der Waals surface area contributed by atoms with E-state index in [1.165, 1.54) is 11.0 Å². The van der Waals surface area contributed by atoms with Crippen molar-refractivity contribution >= 4 is 18.0 Å². The molecule has 38 heavy (non-hydrogen) atoms. The summed E-state index contributed by atoms with van der Waals surface area (Å²) in [6, 6.07) is 28.3. The number of nitrogens with one attached hydrogen (secondary N) is 1. The molecule has 1 aliphatic carbocycles. The molecule has 0 saturated heterocycles. The summed E-state index contributed by atoms with van der Waals surface area (Å²) in [5, 5.41) is 11.9. The lowest BCUT2D eigenvalue weighted by Crippen LogP contribution is -2.35.